The molecule has 0 saturated heterocycles. The lowest BCUT2D eigenvalue weighted by atomic mass is 10.6. The molecule has 0 radical (unpaired) electrons. The van der Waals surface area contributed by atoms with E-state index in [0.717, 1.165) is 12.3 Å². The van der Waals surface area contributed by atoms with E-state index in [4.69, 9.17) is 10.5 Å². The third kappa shape index (κ3) is 2.39. The maximum atomic E-state index is 5.35. The summed E-state index contributed by atoms with van der Waals surface area (Å²) >= 11 is 0. The topological polar surface area (TPSA) is 53.1 Å². The molecule has 0 unspecified atom stereocenters. The monoisotopic (exact) mass is 167 g/mol. The van der Waals surface area contributed by atoms with Crippen LogP contribution in [-0.2, 0) is 6.54 Å². The third-order valence-corrected chi connectivity index (χ3v) is 1.34. The molecule has 4 nitrogen and oxygen atoms in total. The van der Waals surface area contributed by atoms with Crippen LogP contribution < -0.4 is 10.5 Å². The predicted octanol–water partition coefficient (Wildman–Crippen LogP) is 0.407. The molecule has 0 saturated carbocycles. The first-order valence-corrected chi connectivity index (χ1v) is 3.83. The van der Waals surface area contributed by atoms with Crippen molar-refractivity contribution in [2.45, 2.75) is 6.54 Å². The van der Waals surface area contributed by atoms with E-state index in [1.54, 1.807) is 17.0 Å². The molecule has 1 heterocycles. The summed E-state index contributed by atoms with van der Waals surface area (Å²) in [5.41, 5.74) is 5.35. The SMILES string of the molecule is C=CCOc1cnn(CCN)c1. The molecule has 1 aromatic heterocycles. The zero-order valence-electron chi connectivity index (χ0n) is 6.94. The van der Waals surface area contributed by atoms with Crippen molar-refractivity contribution < 1.29 is 4.74 Å². The van der Waals surface area contributed by atoms with E-state index in [-0.39, 0.29) is 0 Å². The Kier molecular flexibility index (Phi) is 3.35. The molecule has 66 valence electrons. The van der Waals surface area contributed by atoms with Crippen molar-refractivity contribution >= 4 is 0 Å². The molecule has 12 heavy (non-hydrogen) atoms. The Morgan fingerprint density at radius 3 is 3.25 bits per heavy atom. The van der Waals surface area contributed by atoms with Crippen LogP contribution in [0.3, 0.4) is 0 Å². The first-order chi connectivity index (χ1) is 5.86. The average molecular weight is 167 g/mol. The second-order valence-corrected chi connectivity index (χ2v) is 2.33. The van der Waals surface area contributed by atoms with Crippen molar-refractivity contribution in [3.8, 4) is 5.75 Å². The lowest BCUT2D eigenvalue weighted by Gasteiger charge is -1.97. The first kappa shape index (κ1) is 8.80. The van der Waals surface area contributed by atoms with Crippen LogP contribution in [0.15, 0.2) is 25.0 Å². The zero-order chi connectivity index (χ0) is 8.81. The molecule has 0 aromatic carbocycles. The molecular weight excluding hydrogens is 154 g/mol. The molecule has 0 spiro atoms. The lowest BCUT2D eigenvalue weighted by molar-refractivity contribution is 0.362. The van der Waals surface area contributed by atoms with E-state index >= 15 is 0 Å². The largest absolute Gasteiger partial charge is 0.486 e. The summed E-state index contributed by atoms with van der Waals surface area (Å²) in [4.78, 5) is 0. The van der Waals surface area contributed by atoms with E-state index in [1.807, 2.05) is 6.20 Å². The quantitative estimate of drug-likeness (QED) is 0.646. The fraction of sp³-hybridized carbons (Fsp3) is 0.375. The van der Waals surface area contributed by atoms with Gasteiger partial charge in [0.1, 0.15) is 6.61 Å². The maximum Gasteiger partial charge on any atom is 0.157 e. The minimum absolute atomic E-state index is 0.508. The highest BCUT2D eigenvalue weighted by Gasteiger charge is 1.96. The van der Waals surface area contributed by atoms with E-state index in [2.05, 4.69) is 11.7 Å². The number of rotatable bonds is 5. The smallest absolute Gasteiger partial charge is 0.157 e. The van der Waals surface area contributed by atoms with Gasteiger partial charge in [0.2, 0.25) is 0 Å². The summed E-state index contributed by atoms with van der Waals surface area (Å²) in [6, 6.07) is 0. The molecule has 0 aliphatic carbocycles. The van der Waals surface area contributed by atoms with Crippen LogP contribution in [0.25, 0.3) is 0 Å². The van der Waals surface area contributed by atoms with E-state index in [0.29, 0.717) is 13.2 Å². The Morgan fingerprint density at radius 2 is 2.58 bits per heavy atom. The predicted molar refractivity (Wildman–Crippen MR) is 47.0 cm³/mol. The van der Waals surface area contributed by atoms with Crippen LogP contribution in [0.5, 0.6) is 5.75 Å². The minimum atomic E-state index is 0.508. The first-order valence-electron chi connectivity index (χ1n) is 3.83. The molecule has 1 aromatic rings. The number of hydrogen-bond donors (Lipinski definition) is 1. The lowest BCUT2D eigenvalue weighted by Crippen LogP contribution is -2.09. The Hall–Kier alpha value is -1.29. The molecule has 0 bridgehead atoms. The van der Waals surface area contributed by atoms with Gasteiger partial charge in [-0.15, -0.1) is 0 Å². The summed E-state index contributed by atoms with van der Waals surface area (Å²) in [7, 11) is 0. The van der Waals surface area contributed by atoms with Crippen LogP contribution in [0.1, 0.15) is 0 Å². The normalized spacial score (nSPS) is 9.75. The van der Waals surface area contributed by atoms with Gasteiger partial charge in [-0.2, -0.15) is 5.10 Å². The molecular formula is C8H13N3O. The third-order valence-electron chi connectivity index (χ3n) is 1.34. The number of aromatic nitrogens is 2. The highest BCUT2D eigenvalue weighted by Crippen LogP contribution is 2.07. The summed E-state index contributed by atoms with van der Waals surface area (Å²) < 4.78 is 6.99. The molecule has 0 aliphatic rings. The highest BCUT2D eigenvalue weighted by molar-refractivity contribution is 5.11. The van der Waals surface area contributed by atoms with Crippen molar-refractivity contribution in [2.24, 2.45) is 5.73 Å². The molecule has 0 aliphatic heterocycles. The van der Waals surface area contributed by atoms with Gasteiger partial charge in [0.05, 0.1) is 18.9 Å². The van der Waals surface area contributed by atoms with Crippen LogP contribution >= 0.6 is 0 Å². The van der Waals surface area contributed by atoms with E-state index < -0.39 is 0 Å². The van der Waals surface area contributed by atoms with Crippen molar-refractivity contribution in [1.82, 2.24) is 9.78 Å². The van der Waals surface area contributed by atoms with Crippen LogP contribution in [0.2, 0.25) is 0 Å². The number of nitrogens with zero attached hydrogens (tertiary/aromatic N) is 2. The molecule has 0 amide bonds. The van der Waals surface area contributed by atoms with Gasteiger partial charge < -0.3 is 10.5 Å². The Labute approximate surface area is 71.6 Å². The Bertz CT molecular complexity index is 244. The summed E-state index contributed by atoms with van der Waals surface area (Å²) in [5, 5.41) is 4.04. The fourth-order valence-corrected chi connectivity index (χ4v) is 0.829. The molecule has 4 heteroatoms. The van der Waals surface area contributed by atoms with Gasteiger partial charge in [-0.3, -0.25) is 4.68 Å². The van der Waals surface area contributed by atoms with Crippen LogP contribution in [-0.4, -0.2) is 22.9 Å². The van der Waals surface area contributed by atoms with Gasteiger partial charge >= 0.3 is 0 Å². The second kappa shape index (κ2) is 4.56. The van der Waals surface area contributed by atoms with Gasteiger partial charge in [0, 0.05) is 6.54 Å². The summed E-state index contributed by atoms with van der Waals surface area (Å²) in [5.74, 6) is 0.753. The van der Waals surface area contributed by atoms with E-state index in [1.165, 1.54) is 0 Å². The van der Waals surface area contributed by atoms with Gasteiger partial charge in [-0.05, 0) is 0 Å². The average Bonchev–Trinajstić information content (AvgIpc) is 2.50. The van der Waals surface area contributed by atoms with Gasteiger partial charge in [-0.1, -0.05) is 12.7 Å². The van der Waals surface area contributed by atoms with Crippen molar-refractivity contribution in [2.75, 3.05) is 13.2 Å². The molecule has 0 atom stereocenters. The minimum Gasteiger partial charge on any atom is -0.486 e. The number of nitrogens with two attached hydrogens (primary N) is 1. The second-order valence-electron chi connectivity index (χ2n) is 2.33. The summed E-state index contributed by atoms with van der Waals surface area (Å²) in [6.07, 6.45) is 5.18. The summed E-state index contributed by atoms with van der Waals surface area (Å²) in [6.45, 7) is 5.36. The standard InChI is InChI=1S/C8H13N3O/c1-2-5-12-8-6-10-11(7-8)4-3-9/h2,6-7H,1,3-5,9H2. The van der Waals surface area contributed by atoms with Crippen molar-refractivity contribution in [3.05, 3.63) is 25.0 Å². The van der Waals surface area contributed by atoms with Gasteiger partial charge in [0.25, 0.3) is 0 Å². The highest BCUT2D eigenvalue weighted by atomic mass is 16.5. The van der Waals surface area contributed by atoms with Crippen molar-refractivity contribution in [1.29, 1.82) is 0 Å². The number of ether oxygens (including phenoxy) is 1. The fourth-order valence-electron chi connectivity index (χ4n) is 0.829. The Morgan fingerprint density at radius 1 is 1.75 bits per heavy atom. The van der Waals surface area contributed by atoms with Gasteiger partial charge in [-0.25, -0.2) is 0 Å². The van der Waals surface area contributed by atoms with E-state index in [9.17, 15) is 0 Å². The van der Waals surface area contributed by atoms with Crippen LogP contribution in [0, 0.1) is 0 Å². The van der Waals surface area contributed by atoms with Gasteiger partial charge in [0.15, 0.2) is 5.75 Å². The molecule has 2 N–H and O–H groups in total. The molecule has 1 rings (SSSR count). The molecule has 0 fully saturated rings. The van der Waals surface area contributed by atoms with Crippen LogP contribution in [0.4, 0.5) is 0 Å². The maximum absolute atomic E-state index is 5.35. The number of hydrogen-bond acceptors (Lipinski definition) is 3. The zero-order valence-corrected chi connectivity index (χ0v) is 6.94. The van der Waals surface area contributed by atoms with Crippen molar-refractivity contribution in [3.63, 3.8) is 0 Å². The Balaban J connectivity index is 2.46.